The highest BCUT2D eigenvalue weighted by atomic mass is 32.1. The van der Waals surface area contributed by atoms with Crippen LogP contribution in [0.4, 0.5) is 5.13 Å². The molecule has 0 aliphatic heterocycles. The van der Waals surface area contributed by atoms with E-state index in [9.17, 15) is 0 Å². The van der Waals surface area contributed by atoms with Crippen LogP contribution >= 0.6 is 11.3 Å². The molecular formula is C19H21N2S-. The third-order valence-electron chi connectivity index (χ3n) is 4.63. The maximum atomic E-state index is 4.91. The summed E-state index contributed by atoms with van der Waals surface area (Å²) in [6.07, 6.45) is 6.70. The van der Waals surface area contributed by atoms with Crippen LogP contribution in [0.5, 0.6) is 0 Å². The quantitative estimate of drug-likeness (QED) is 0.604. The third kappa shape index (κ3) is 2.78. The fourth-order valence-corrected chi connectivity index (χ4v) is 4.48. The molecule has 1 saturated carbocycles. The molecule has 4 rings (SSSR count). The van der Waals surface area contributed by atoms with Crippen LogP contribution in [-0.2, 0) is 6.54 Å². The third-order valence-corrected chi connectivity index (χ3v) is 5.70. The average Bonchev–Trinajstić information content (AvgIpc) is 3.22. The summed E-state index contributed by atoms with van der Waals surface area (Å²) in [6.45, 7) is 0.984. The van der Waals surface area contributed by atoms with Gasteiger partial charge in [-0.15, -0.1) is 5.56 Å². The number of anilines is 1. The van der Waals surface area contributed by atoms with E-state index in [4.69, 9.17) is 4.98 Å². The highest BCUT2D eigenvalue weighted by Crippen LogP contribution is 2.34. The average molecular weight is 309 g/mol. The van der Waals surface area contributed by atoms with E-state index in [1.807, 2.05) is 11.3 Å². The Bertz CT molecular complexity index is 690. The molecule has 2 aromatic carbocycles. The van der Waals surface area contributed by atoms with Crippen LogP contribution in [0.2, 0.25) is 0 Å². The number of thiazole rings is 1. The molecular weight excluding hydrogens is 288 g/mol. The van der Waals surface area contributed by atoms with Crippen LogP contribution in [-0.4, -0.2) is 11.0 Å². The van der Waals surface area contributed by atoms with Gasteiger partial charge in [-0.3, -0.25) is 0 Å². The van der Waals surface area contributed by atoms with Crippen molar-refractivity contribution in [2.24, 2.45) is 0 Å². The van der Waals surface area contributed by atoms with E-state index in [0.717, 1.165) is 12.1 Å². The van der Waals surface area contributed by atoms with E-state index < -0.39 is 0 Å². The fourth-order valence-electron chi connectivity index (χ4n) is 3.44. The number of fused-ring (bicyclic) bond motifs is 1. The normalized spacial score (nSPS) is 16.2. The molecule has 0 atom stereocenters. The topological polar surface area (TPSA) is 16.1 Å². The predicted molar refractivity (Wildman–Crippen MR) is 94.7 cm³/mol. The lowest BCUT2D eigenvalue weighted by Crippen LogP contribution is -2.36. The molecule has 0 amide bonds. The molecule has 1 heterocycles. The van der Waals surface area contributed by atoms with E-state index in [-0.39, 0.29) is 0 Å². The number of nitrogens with zero attached hydrogens (tertiary/aromatic N) is 2. The van der Waals surface area contributed by atoms with E-state index in [0.29, 0.717) is 6.04 Å². The van der Waals surface area contributed by atoms with Crippen LogP contribution in [0.15, 0.2) is 48.5 Å². The fraction of sp³-hybridized carbons (Fsp3) is 0.368. The Morgan fingerprint density at radius 1 is 1.09 bits per heavy atom. The molecule has 0 unspecified atom stereocenters. The first-order chi connectivity index (χ1) is 10.9. The molecule has 3 heteroatoms. The number of benzene rings is 1. The summed E-state index contributed by atoms with van der Waals surface area (Å²) in [4.78, 5) is 7.47. The van der Waals surface area contributed by atoms with Crippen LogP contribution in [0.1, 0.15) is 37.7 Å². The van der Waals surface area contributed by atoms with Gasteiger partial charge >= 0.3 is 0 Å². The molecule has 3 aromatic rings. The summed E-state index contributed by atoms with van der Waals surface area (Å²) in [6, 6.07) is 17.8. The van der Waals surface area contributed by atoms with E-state index in [2.05, 4.69) is 53.4 Å². The molecule has 0 saturated heterocycles. The van der Waals surface area contributed by atoms with Gasteiger partial charge in [0.25, 0.3) is 0 Å². The van der Waals surface area contributed by atoms with Crippen LogP contribution < -0.4 is 4.90 Å². The van der Waals surface area contributed by atoms with Crippen molar-refractivity contribution < 1.29 is 0 Å². The number of para-hydroxylation sites is 1. The first-order valence-corrected chi connectivity index (χ1v) is 9.04. The largest absolute Gasteiger partial charge is 0.343 e. The van der Waals surface area contributed by atoms with Crippen molar-refractivity contribution >= 4 is 26.7 Å². The molecule has 22 heavy (non-hydrogen) atoms. The van der Waals surface area contributed by atoms with Gasteiger partial charge in [0.05, 0.1) is 10.2 Å². The summed E-state index contributed by atoms with van der Waals surface area (Å²) >= 11 is 1.84. The minimum Gasteiger partial charge on any atom is -0.343 e. The molecule has 1 aromatic heterocycles. The highest BCUT2D eigenvalue weighted by Gasteiger charge is 2.23. The van der Waals surface area contributed by atoms with Crippen molar-refractivity contribution in [2.45, 2.75) is 44.7 Å². The zero-order valence-corrected chi connectivity index (χ0v) is 13.6. The molecule has 2 nitrogen and oxygen atoms in total. The second-order valence-corrected chi connectivity index (χ2v) is 7.19. The van der Waals surface area contributed by atoms with Crippen molar-refractivity contribution in [2.75, 3.05) is 4.90 Å². The van der Waals surface area contributed by atoms with Crippen molar-refractivity contribution in [3.63, 3.8) is 0 Å². The standard InChI is InChI=1S/C19H21N2S/c1-2-10-16(11-3-1)21(14-15-8-4-5-9-15)19-20-17-12-6-7-13-18(17)22-19/h4-9,12-13,16H,1-3,10-11,14H2/q-1. The Morgan fingerprint density at radius 2 is 1.95 bits per heavy atom. The van der Waals surface area contributed by atoms with Crippen molar-refractivity contribution in [3.05, 3.63) is 54.1 Å². The second-order valence-electron chi connectivity index (χ2n) is 6.18. The Labute approximate surface area is 135 Å². The van der Waals surface area contributed by atoms with Crippen molar-refractivity contribution in [3.8, 4) is 0 Å². The molecule has 0 bridgehead atoms. The number of hydrogen-bond acceptors (Lipinski definition) is 3. The predicted octanol–water partition coefficient (Wildman–Crippen LogP) is 5.35. The SMILES string of the molecule is c1c[cH-]c(CN(c2nc3ccccc3s2)C2CCCCC2)c1. The molecule has 0 radical (unpaired) electrons. The zero-order chi connectivity index (χ0) is 14.8. The maximum Gasteiger partial charge on any atom is 0.186 e. The lowest BCUT2D eigenvalue weighted by atomic mass is 9.94. The van der Waals surface area contributed by atoms with Gasteiger partial charge in [-0.2, -0.15) is 12.1 Å². The Balaban J connectivity index is 1.68. The van der Waals surface area contributed by atoms with Crippen LogP contribution in [0, 0.1) is 0 Å². The van der Waals surface area contributed by atoms with Gasteiger partial charge in [0.15, 0.2) is 5.13 Å². The number of hydrogen-bond donors (Lipinski definition) is 0. The van der Waals surface area contributed by atoms with Crippen molar-refractivity contribution in [1.29, 1.82) is 0 Å². The summed E-state index contributed by atoms with van der Waals surface area (Å²) in [5.41, 5.74) is 2.52. The van der Waals surface area contributed by atoms with Gasteiger partial charge in [0.2, 0.25) is 0 Å². The molecule has 0 spiro atoms. The van der Waals surface area contributed by atoms with E-state index in [1.165, 1.54) is 47.5 Å². The smallest absolute Gasteiger partial charge is 0.186 e. The Kier molecular flexibility index (Phi) is 3.90. The van der Waals surface area contributed by atoms with E-state index >= 15 is 0 Å². The number of aromatic nitrogens is 1. The van der Waals surface area contributed by atoms with Gasteiger partial charge in [0.1, 0.15) is 0 Å². The molecule has 1 aliphatic rings. The lowest BCUT2D eigenvalue weighted by Gasteiger charge is -2.35. The zero-order valence-electron chi connectivity index (χ0n) is 12.7. The first kappa shape index (κ1) is 13.9. The summed E-state index contributed by atoms with van der Waals surface area (Å²) in [5, 5.41) is 1.19. The lowest BCUT2D eigenvalue weighted by molar-refractivity contribution is 0.413. The van der Waals surface area contributed by atoms with Crippen LogP contribution in [0.3, 0.4) is 0 Å². The van der Waals surface area contributed by atoms with Crippen molar-refractivity contribution in [1.82, 2.24) is 4.98 Å². The molecule has 0 N–H and O–H groups in total. The Morgan fingerprint density at radius 3 is 2.73 bits per heavy atom. The summed E-state index contributed by atoms with van der Waals surface area (Å²) in [5.74, 6) is 0. The minimum absolute atomic E-state index is 0.643. The Hall–Kier alpha value is -1.74. The van der Waals surface area contributed by atoms with Gasteiger partial charge in [-0.05, 0) is 25.0 Å². The van der Waals surface area contributed by atoms with E-state index in [1.54, 1.807) is 0 Å². The number of rotatable bonds is 4. The van der Waals surface area contributed by atoms with Gasteiger partial charge in [-0.1, -0.05) is 42.7 Å². The van der Waals surface area contributed by atoms with Crippen LogP contribution in [0.25, 0.3) is 10.2 Å². The van der Waals surface area contributed by atoms with Gasteiger partial charge in [0, 0.05) is 12.6 Å². The highest BCUT2D eigenvalue weighted by molar-refractivity contribution is 7.22. The molecule has 1 fully saturated rings. The van der Waals surface area contributed by atoms with Gasteiger partial charge in [-0.25, -0.2) is 17.1 Å². The summed E-state index contributed by atoms with van der Waals surface area (Å²) < 4.78 is 1.29. The minimum atomic E-state index is 0.643. The second kappa shape index (κ2) is 6.17. The van der Waals surface area contributed by atoms with Gasteiger partial charge < -0.3 is 4.90 Å². The maximum absolute atomic E-state index is 4.91. The first-order valence-electron chi connectivity index (χ1n) is 8.23. The molecule has 114 valence electrons. The summed E-state index contributed by atoms with van der Waals surface area (Å²) in [7, 11) is 0. The molecule has 1 aliphatic carbocycles. The monoisotopic (exact) mass is 309 g/mol.